The maximum absolute atomic E-state index is 12.2. The van der Waals surface area contributed by atoms with Crippen molar-refractivity contribution in [3.8, 4) is 17.2 Å². The molecule has 2 rings (SSSR count). The molecule has 0 saturated heterocycles. The number of carbonyl (C=O) groups excluding carboxylic acids is 1. The monoisotopic (exact) mass is 390 g/mol. The Morgan fingerprint density at radius 2 is 1.92 bits per heavy atom. The SMILES string of the molecule is CCOc1cc(/C=C/C(=O)c2cccc(O)c2)cc(Br)c1OCC. The second-order valence-corrected chi connectivity index (χ2v) is 5.80. The first-order valence-corrected chi connectivity index (χ1v) is 8.45. The molecule has 1 N–H and O–H groups in total. The summed E-state index contributed by atoms with van der Waals surface area (Å²) in [7, 11) is 0. The van der Waals surface area contributed by atoms with Gasteiger partial charge in [0.1, 0.15) is 5.75 Å². The Kier molecular flexibility index (Phi) is 6.44. The van der Waals surface area contributed by atoms with E-state index in [-0.39, 0.29) is 11.5 Å². The van der Waals surface area contributed by atoms with E-state index in [1.54, 1.807) is 18.2 Å². The van der Waals surface area contributed by atoms with E-state index >= 15 is 0 Å². The zero-order valence-electron chi connectivity index (χ0n) is 13.6. The molecule has 0 unspecified atom stereocenters. The van der Waals surface area contributed by atoms with Crippen molar-refractivity contribution in [2.45, 2.75) is 13.8 Å². The molecule has 0 heterocycles. The first-order valence-electron chi connectivity index (χ1n) is 7.65. The number of aromatic hydroxyl groups is 1. The Morgan fingerprint density at radius 1 is 1.17 bits per heavy atom. The molecule has 0 spiro atoms. The number of benzene rings is 2. The van der Waals surface area contributed by atoms with Gasteiger partial charge in [-0.15, -0.1) is 0 Å². The Labute approximate surface area is 149 Å². The Morgan fingerprint density at radius 3 is 2.58 bits per heavy atom. The van der Waals surface area contributed by atoms with Crippen LogP contribution in [0.25, 0.3) is 6.08 Å². The highest BCUT2D eigenvalue weighted by atomic mass is 79.9. The van der Waals surface area contributed by atoms with Gasteiger partial charge >= 0.3 is 0 Å². The van der Waals surface area contributed by atoms with Gasteiger partial charge < -0.3 is 14.6 Å². The topological polar surface area (TPSA) is 55.8 Å². The molecule has 24 heavy (non-hydrogen) atoms. The molecule has 4 nitrogen and oxygen atoms in total. The summed E-state index contributed by atoms with van der Waals surface area (Å²) in [5.41, 5.74) is 1.24. The smallest absolute Gasteiger partial charge is 0.185 e. The molecule has 2 aromatic rings. The van der Waals surface area contributed by atoms with Gasteiger partial charge in [0.25, 0.3) is 0 Å². The quantitative estimate of drug-likeness (QED) is 0.542. The molecule has 0 aromatic heterocycles. The van der Waals surface area contributed by atoms with Crippen molar-refractivity contribution in [3.63, 3.8) is 0 Å². The van der Waals surface area contributed by atoms with Gasteiger partial charge in [0.05, 0.1) is 17.7 Å². The number of phenolic OH excluding ortho intramolecular Hbond substituents is 1. The third-order valence-electron chi connectivity index (χ3n) is 3.18. The predicted octanol–water partition coefficient (Wildman–Crippen LogP) is 4.85. The first-order chi connectivity index (χ1) is 11.5. The molecule has 0 fully saturated rings. The molecule has 0 saturated carbocycles. The molecule has 0 aliphatic heterocycles. The number of phenols is 1. The van der Waals surface area contributed by atoms with Crippen molar-refractivity contribution in [3.05, 3.63) is 58.1 Å². The van der Waals surface area contributed by atoms with Crippen molar-refractivity contribution in [1.29, 1.82) is 0 Å². The highest BCUT2D eigenvalue weighted by Gasteiger charge is 2.11. The van der Waals surface area contributed by atoms with Gasteiger partial charge in [0.2, 0.25) is 0 Å². The number of allylic oxidation sites excluding steroid dienone is 1. The van der Waals surface area contributed by atoms with Crippen LogP contribution >= 0.6 is 15.9 Å². The molecular formula is C19H19BrO4. The molecule has 0 amide bonds. The van der Waals surface area contributed by atoms with Crippen LogP contribution in [-0.2, 0) is 0 Å². The highest BCUT2D eigenvalue weighted by molar-refractivity contribution is 9.10. The highest BCUT2D eigenvalue weighted by Crippen LogP contribution is 2.37. The van der Waals surface area contributed by atoms with Crippen LogP contribution in [0.5, 0.6) is 17.2 Å². The number of halogens is 1. The van der Waals surface area contributed by atoms with Crippen LogP contribution in [0, 0.1) is 0 Å². The van der Waals surface area contributed by atoms with Gasteiger partial charge in [0, 0.05) is 5.56 Å². The van der Waals surface area contributed by atoms with Crippen LogP contribution in [-0.4, -0.2) is 24.1 Å². The second kappa shape index (κ2) is 8.55. The lowest BCUT2D eigenvalue weighted by Crippen LogP contribution is -1.99. The van der Waals surface area contributed by atoms with Gasteiger partial charge in [-0.3, -0.25) is 4.79 Å². The van der Waals surface area contributed by atoms with Gasteiger partial charge in [0.15, 0.2) is 17.3 Å². The van der Waals surface area contributed by atoms with Gasteiger partial charge in [-0.05, 0) is 65.7 Å². The number of hydrogen-bond donors (Lipinski definition) is 1. The van der Waals surface area contributed by atoms with E-state index in [1.165, 1.54) is 18.2 Å². The lowest BCUT2D eigenvalue weighted by molar-refractivity contribution is 0.104. The zero-order valence-corrected chi connectivity index (χ0v) is 15.2. The minimum atomic E-state index is -0.186. The summed E-state index contributed by atoms with van der Waals surface area (Å²) in [5, 5.41) is 9.45. The van der Waals surface area contributed by atoms with Crippen LogP contribution in [0.4, 0.5) is 0 Å². The van der Waals surface area contributed by atoms with Crippen molar-refractivity contribution >= 4 is 27.8 Å². The standard InChI is InChI=1S/C19H19BrO4/c1-3-23-18-11-13(10-16(20)19(18)24-4-2)8-9-17(22)14-6-5-7-15(21)12-14/h5-12,21H,3-4H2,1-2H3/b9-8+. The van der Waals surface area contributed by atoms with E-state index in [1.807, 2.05) is 26.0 Å². The number of hydrogen-bond acceptors (Lipinski definition) is 4. The first kappa shape index (κ1) is 18.1. The lowest BCUT2D eigenvalue weighted by Gasteiger charge is -2.13. The van der Waals surface area contributed by atoms with Crippen LogP contribution in [0.2, 0.25) is 0 Å². The molecule has 2 aromatic carbocycles. The van der Waals surface area contributed by atoms with Crippen LogP contribution in [0.1, 0.15) is 29.8 Å². The van der Waals surface area contributed by atoms with Gasteiger partial charge in [-0.1, -0.05) is 18.2 Å². The molecule has 0 atom stereocenters. The Bertz CT molecular complexity index is 753. The van der Waals surface area contributed by atoms with E-state index in [4.69, 9.17) is 9.47 Å². The Hall–Kier alpha value is -2.27. The predicted molar refractivity (Wildman–Crippen MR) is 98.0 cm³/mol. The average Bonchev–Trinajstić information content (AvgIpc) is 2.56. The number of ether oxygens (including phenoxy) is 2. The van der Waals surface area contributed by atoms with Crippen molar-refractivity contribution in [2.24, 2.45) is 0 Å². The largest absolute Gasteiger partial charge is 0.508 e. The molecule has 0 bridgehead atoms. The summed E-state index contributed by atoms with van der Waals surface area (Å²) in [6.07, 6.45) is 3.17. The fourth-order valence-electron chi connectivity index (χ4n) is 2.16. The lowest BCUT2D eigenvalue weighted by atomic mass is 10.1. The Balaban J connectivity index is 2.27. The van der Waals surface area contributed by atoms with E-state index in [0.717, 1.165) is 10.0 Å². The minimum Gasteiger partial charge on any atom is -0.508 e. The molecular weight excluding hydrogens is 372 g/mol. The van der Waals surface area contributed by atoms with E-state index in [2.05, 4.69) is 15.9 Å². The third-order valence-corrected chi connectivity index (χ3v) is 3.77. The van der Waals surface area contributed by atoms with Crippen LogP contribution in [0.3, 0.4) is 0 Å². The fourth-order valence-corrected chi connectivity index (χ4v) is 2.73. The summed E-state index contributed by atoms with van der Waals surface area (Å²) < 4.78 is 12.0. The van der Waals surface area contributed by atoms with E-state index < -0.39 is 0 Å². The second-order valence-electron chi connectivity index (χ2n) is 4.94. The maximum atomic E-state index is 12.2. The van der Waals surface area contributed by atoms with Crippen molar-refractivity contribution in [2.75, 3.05) is 13.2 Å². The average molecular weight is 391 g/mol. The molecule has 0 aliphatic rings. The van der Waals surface area contributed by atoms with E-state index in [9.17, 15) is 9.90 Å². The summed E-state index contributed by atoms with van der Waals surface area (Å²) >= 11 is 3.47. The van der Waals surface area contributed by atoms with Crippen LogP contribution in [0.15, 0.2) is 46.9 Å². The maximum Gasteiger partial charge on any atom is 0.185 e. The van der Waals surface area contributed by atoms with Gasteiger partial charge in [-0.2, -0.15) is 0 Å². The van der Waals surface area contributed by atoms with Gasteiger partial charge in [-0.25, -0.2) is 0 Å². The molecule has 0 radical (unpaired) electrons. The zero-order chi connectivity index (χ0) is 17.5. The summed E-state index contributed by atoms with van der Waals surface area (Å²) in [4.78, 5) is 12.2. The normalized spacial score (nSPS) is 10.8. The summed E-state index contributed by atoms with van der Waals surface area (Å²) in [6, 6.07) is 9.94. The molecule has 5 heteroatoms. The van der Waals surface area contributed by atoms with Crippen molar-refractivity contribution in [1.82, 2.24) is 0 Å². The number of ketones is 1. The van der Waals surface area contributed by atoms with Crippen LogP contribution < -0.4 is 9.47 Å². The molecule has 126 valence electrons. The number of rotatable bonds is 7. The third kappa shape index (κ3) is 4.61. The number of carbonyl (C=O) groups is 1. The summed E-state index contributed by atoms with van der Waals surface area (Å²) in [6.45, 7) is 4.85. The fraction of sp³-hybridized carbons (Fsp3) is 0.211. The molecule has 0 aliphatic carbocycles. The van der Waals surface area contributed by atoms with Crippen molar-refractivity contribution < 1.29 is 19.4 Å². The van der Waals surface area contributed by atoms with E-state index in [0.29, 0.717) is 30.3 Å². The summed E-state index contributed by atoms with van der Waals surface area (Å²) in [5.74, 6) is 1.15. The minimum absolute atomic E-state index is 0.0664.